The van der Waals surface area contributed by atoms with Crippen LogP contribution in [0.4, 0.5) is 0 Å². The molecule has 3 rings (SSSR count). The third-order valence-corrected chi connectivity index (χ3v) is 4.11. The Morgan fingerprint density at radius 3 is 2.75 bits per heavy atom. The number of nitrogens with one attached hydrogen (secondary N) is 1. The van der Waals surface area contributed by atoms with Gasteiger partial charge in [-0.1, -0.05) is 12.8 Å². The molecule has 2 aromatic rings. The lowest BCUT2D eigenvalue weighted by Gasteiger charge is -2.14. The predicted molar refractivity (Wildman–Crippen MR) is 77.3 cm³/mol. The molecule has 1 aliphatic carbocycles. The molecule has 1 aliphatic rings. The molecule has 20 heavy (non-hydrogen) atoms. The van der Waals surface area contributed by atoms with Gasteiger partial charge in [-0.3, -0.25) is 4.68 Å². The van der Waals surface area contributed by atoms with Gasteiger partial charge in [0.05, 0.1) is 11.7 Å². The zero-order chi connectivity index (χ0) is 13.8. The first-order chi connectivity index (χ1) is 9.86. The summed E-state index contributed by atoms with van der Waals surface area (Å²) in [6.45, 7) is 0. The predicted octanol–water partition coefficient (Wildman–Crippen LogP) is 2.29. The Bertz CT molecular complexity index is 530. The van der Waals surface area contributed by atoms with E-state index in [1.165, 1.54) is 25.7 Å². The molecule has 0 bridgehead atoms. The molecule has 106 valence electrons. The summed E-state index contributed by atoms with van der Waals surface area (Å²) in [4.78, 5) is 8.17. The third-order valence-electron chi connectivity index (χ3n) is 4.11. The van der Waals surface area contributed by atoms with Crippen LogP contribution in [0.15, 0.2) is 31.0 Å². The molecule has 0 spiro atoms. The van der Waals surface area contributed by atoms with Gasteiger partial charge < -0.3 is 5.32 Å². The first kappa shape index (κ1) is 13.2. The maximum absolute atomic E-state index is 4.74. The molecular weight excluding hydrogens is 250 g/mol. The fourth-order valence-corrected chi connectivity index (χ4v) is 2.94. The van der Waals surface area contributed by atoms with Crippen molar-refractivity contribution < 1.29 is 0 Å². The second kappa shape index (κ2) is 6.13. The highest BCUT2D eigenvalue weighted by Crippen LogP contribution is 2.29. The van der Waals surface area contributed by atoms with Gasteiger partial charge in [0.15, 0.2) is 0 Å². The van der Waals surface area contributed by atoms with Gasteiger partial charge in [-0.05, 0) is 26.0 Å². The summed E-state index contributed by atoms with van der Waals surface area (Å²) in [6, 6.07) is 2.95. The molecule has 2 aromatic heterocycles. The van der Waals surface area contributed by atoms with Crippen molar-refractivity contribution in [2.45, 2.75) is 44.2 Å². The molecule has 1 unspecified atom stereocenters. The summed E-state index contributed by atoms with van der Waals surface area (Å²) < 4.78 is 2.15. The second-order valence-electron chi connectivity index (χ2n) is 5.44. The zero-order valence-electron chi connectivity index (χ0n) is 11.9. The van der Waals surface area contributed by atoms with E-state index >= 15 is 0 Å². The van der Waals surface area contributed by atoms with Crippen LogP contribution >= 0.6 is 0 Å². The molecule has 1 saturated carbocycles. The monoisotopic (exact) mass is 271 g/mol. The fourth-order valence-electron chi connectivity index (χ4n) is 2.94. The van der Waals surface area contributed by atoms with Gasteiger partial charge in [-0.25, -0.2) is 9.97 Å². The topological polar surface area (TPSA) is 55.6 Å². The van der Waals surface area contributed by atoms with Crippen LogP contribution in [0.5, 0.6) is 0 Å². The minimum atomic E-state index is 0.211. The third kappa shape index (κ3) is 2.88. The molecular formula is C15H21N5. The summed E-state index contributed by atoms with van der Waals surface area (Å²) in [5, 5.41) is 8.06. The molecule has 5 heteroatoms. The Labute approximate surface area is 119 Å². The minimum absolute atomic E-state index is 0.211. The number of nitrogens with zero attached hydrogens (tertiary/aromatic N) is 4. The minimum Gasteiger partial charge on any atom is -0.313 e. The van der Waals surface area contributed by atoms with Crippen molar-refractivity contribution in [2.75, 3.05) is 7.05 Å². The average Bonchev–Trinajstić information content (AvgIpc) is 3.16. The number of aromatic nitrogens is 4. The van der Waals surface area contributed by atoms with Crippen LogP contribution in [0.3, 0.4) is 0 Å². The van der Waals surface area contributed by atoms with Crippen LogP contribution in [0.2, 0.25) is 0 Å². The Hall–Kier alpha value is -1.75. The van der Waals surface area contributed by atoms with E-state index in [9.17, 15) is 0 Å². The lowest BCUT2D eigenvalue weighted by molar-refractivity contribution is 0.459. The Morgan fingerprint density at radius 2 is 2.05 bits per heavy atom. The Balaban J connectivity index is 1.70. The van der Waals surface area contributed by atoms with Crippen LogP contribution in [0.25, 0.3) is 0 Å². The second-order valence-corrected chi connectivity index (χ2v) is 5.44. The highest BCUT2D eigenvalue weighted by atomic mass is 15.3. The SMILES string of the molecule is CNC(Cc1ccn(C2CCCC2)n1)c1cncnc1. The molecule has 0 amide bonds. The van der Waals surface area contributed by atoms with E-state index in [1.54, 1.807) is 6.33 Å². The average molecular weight is 271 g/mol. The zero-order valence-corrected chi connectivity index (χ0v) is 11.9. The van der Waals surface area contributed by atoms with Crippen LogP contribution < -0.4 is 5.32 Å². The number of likely N-dealkylation sites (N-methyl/N-ethyl adjacent to an activating group) is 1. The number of hydrogen-bond donors (Lipinski definition) is 1. The van der Waals surface area contributed by atoms with Crippen molar-refractivity contribution in [1.29, 1.82) is 0 Å². The molecule has 0 aromatic carbocycles. The van der Waals surface area contributed by atoms with Gasteiger partial charge in [-0.15, -0.1) is 0 Å². The molecule has 0 saturated heterocycles. The summed E-state index contributed by atoms with van der Waals surface area (Å²) in [5.74, 6) is 0. The summed E-state index contributed by atoms with van der Waals surface area (Å²) in [6.07, 6.45) is 13.5. The van der Waals surface area contributed by atoms with Crippen LogP contribution in [-0.2, 0) is 6.42 Å². The van der Waals surface area contributed by atoms with Crippen molar-refractivity contribution in [1.82, 2.24) is 25.1 Å². The quantitative estimate of drug-likeness (QED) is 0.906. The van der Waals surface area contributed by atoms with Crippen molar-refractivity contribution >= 4 is 0 Å². The van der Waals surface area contributed by atoms with Crippen LogP contribution in [0.1, 0.15) is 49.0 Å². The van der Waals surface area contributed by atoms with Gasteiger partial charge in [0.25, 0.3) is 0 Å². The standard InChI is InChI=1S/C15H21N5/c1-16-15(12-9-17-11-18-10-12)8-13-6-7-20(19-13)14-4-2-3-5-14/h6-7,9-11,14-16H,2-5,8H2,1H3. The molecule has 1 atom stereocenters. The van der Waals surface area contributed by atoms with E-state index in [1.807, 2.05) is 19.4 Å². The fraction of sp³-hybridized carbons (Fsp3) is 0.533. The summed E-state index contributed by atoms with van der Waals surface area (Å²) in [5.41, 5.74) is 2.23. The van der Waals surface area contributed by atoms with Gasteiger partial charge in [-0.2, -0.15) is 5.10 Å². The first-order valence-electron chi connectivity index (χ1n) is 7.33. The van der Waals surface area contributed by atoms with Gasteiger partial charge in [0.2, 0.25) is 0 Å². The molecule has 0 aliphatic heterocycles. The van der Waals surface area contributed by atoms with Gasteiger partial charge in [0, 0.05) is 36.6 Å². The van der Waals surface area contributed by atoms with Crippen molar-refractivity contribution in [3.05, 3.63) is 42.2 Å². The van der Waals surface area contributed by atoms with E-state index < -0.39 is 0 Å². The number of hydrogen-bond acceptors (Lipinski definition) is 4. The lowest BCUT2D eigenvalue weighted by atomic mass is 10.1. The van der Waals surface area contributed by atoms with Gasteiger partial charge in [0.1, 0.15) is 6.33 Å². The van der Waals surface area contributed by atoms with E-state index in [4.69, 9.17) is 5.10 Å². The molecule has 5 nitrogen and oxygen atoms in total. The van der Waals surface area contributed by atoms with Crippen molar-refractivity contribution in [3.63, 3.8) is 0 Å². The largest absolute Gasteiger partial charge is 0.313 e. The molecule has 1 fully saturated rings. The van der Waals surface area contributed by atoms with Crippen molar-refractivity contribution in [2.24, 2.45) is 0 Å². The number of rotatable bonds is 5. The summed E-state index contributed by atoms with van der Waals surface area (Å²) >= 11 is 0. The maximum Gasteiger partial charge on any atom is 0.115 e. The lowest BCUT2D eigenvalue weighted by Crippen LogP contribution is -2.19. The smallest absolute Gasteiger partial charge is 0.115 e. The Kier molecular flexibility index (Phi) is 4.06. The maximum atomic E-state index is 4.74. The van der Waals surface area contributed by atoms with Gasteiger partial charge >= 0.3 is 0 Å². The van der Waals surface area contributed by atoms with E-state index in [0.717, 1.165) is 17.7 Å². The van der Waals surface area contributed by atoms with Crippen LogP contribution in [0, 0.1) is 0 Å². The molecule has 0 radical (unpaired) electrons. The normalized spacial score (nSPS) is 17.4. The summed E-state index contributed by atoms with van der Waals surface area (Å²) in [7, 11) is 1.96. The highest BCUT2D eigenvalue weighted by molar-refractivity contribution is 5.13. The van der Waals surface area contributed by atoms with E-state index in [-0.39, 0.29) is 6.04 Å². The van der Waals surface area contributed by atoms with Crippen molar-refractivity contribution in [3.8, 4) is 0 Å². The van der Waals surface area contributed by atoms with Crippen LogP contribution in [-0.4, -0.2) is 26.8 Å². The highest BCUT2D eigenvalue weighted by Gasteiger charge is 2.18. The van der Waals surface area contributed by atoms with E-state index in [0.29, 0.717) is 6.04 Å². The molecule has 2 heterocycles. The molecule has 1 N–H and O–H groups in total. The van der Waals surface area contributed by atoms with E-state index in [2.05, 4.69) is 32.2 Å². The first-order valence-corrected chi connectivity index (χ1v) is 7.33. The Morgan fingerprint density at radius 1 is 1.30 bits per heavy atom.